The maximum absolute atomic E-state index is 12.2. The van der Waals surface area contributed by atoms with Gasteiger partial charge in [-0.25, -0.2) is 0 Å². The molecule has 3 heteroatoms. The van der Waals surface area contributed by atoms with E-state index in [4.69, 9.17) is 4.74 Å². The molecule has 3 saturated carbocycles. The van der Waals surface area contributed by atoms with E-state index in [1.807, 2.05) is 0 Å². The van der Waals surface area contributed by atoms with E-state index in [1.165, 1.54) is 57.8 Å². The average Bonchev–Trinajstić information content (AvgIpc) is 3.15. The number of hydrogen-bond acceptors (Lipinski definition) is 3. The second-order valence-corrected chi connectivity index (χ2v) is 13.9. The van der Waals surface area contributed by atoms with Crippen molar-refractivity contribution in [3.8, 4) is 0 Å². The molecule has 34 heavy (non-hydrogen) atoms. The van der Waals surface area contributed by atoms with Gasteiger partial charge in [-0.15, -0.1) is 0 Å². The quantitative estimate of drug-likeness (QED) is 0.200. The molecule has 0 amide bonds. The molecular weight excluding hydrogens is 436 g/mol. The summed E-state index contributed by atoms with van der Waals surface area (Å²) >= 11 is 4.23. The molecule has 2 nitrogen and oxygen atoms in total. The fraction of sp³-hybridized carbons (Fsp3) is 0.903. The molecule has 3 unspecified atom stereocenters. The molecule has 8 atom stereocenters. The highest BCUT2D eigenvalue weighted by Gasteiger charge is 2.59. The van der Waals surface area contributed by atoms with Gasteiger partial charge in [-0.2, -0.15) is 12.6 Å². The van der Waals surface area contributed by atoms with Crippen molar-refractivity contribution in [1.82, 2.24) is 0 Å². The van der Waals surface area contributed by atoms with Crippen LogP contribution < -0.4 is 0 Å². The molecule has 3 fully saturated rings. The summed E-state index contributed by atoms with van der Waals surface area (Å²) in [5.41, 5.74) is 2.51. The van der Waals surface area contributed by atoms with E-state index >= 15 is 0 Å². The van der Waals surface area contributed by atoms with Crippen molar-refractivity contribution >= 4 is 18.6 Å². The van der Waals surface area contributed by atoms with E-state index in [1.54, 1.807) is 5.57 Å². The third kappa shape index (κ3) is 5.16. The van der Waals surface area contributed by atoms with E-state index in [2.05, 4.69) is 53.3 Å². The van der Waals surface area contributed by atoms with Gasteiger partial charge in [0.25, 0.3) is 0 Å². The van der Waals surface area contributed by atoms with E-state index in [0.29, 0.717) is 17.3 Å². The topological polar surface area (TPSA) is 26.3 Å². The van der Waals surface area contributed by atoms with Gasteiger partial charge < -0.3 is 4.74 Å². The van der Waals surface area contributed by atoms with Gasteiger partial charge >= 0.3 is 5.97 Å². The predicted octanol–water partition coefficient (Wildman–Crippen LogP) is 8.65. The van der Waals surface area contributed by atoms with Crippen molar-refractivity contribution in [2.75, 3.05) is 5.75 Å². The molecule has 0 spiro atoms. The molecule has 4 aliphatic carbocycles. The fourth-order valence-corrected chi connectivity index (χ4v) is 9.38. The minimum atomic E-state index is -0.0233. The fourth-order valence-electron chi connectivity index (χ4n) is 9.22. The van der Waals surface area contributed by atoms with E-state index < -0.39 is 0 Å². The molecule has 0 bridgehead atoms. The Morgan fingerprint density at radius 2 is 1.85 bits per heavy atom. The van der Waals surface area contributed by atoms with Crippen molar-refractivity contribution in [3.05, 3.63) is 11.6 Å². The summed E-state index contributed by atoms with van der Waals surface area (Å²) in [5, 5.41) is 0. The first-order chi connectivity index (χ1) is 16.2. The zero-order valence-corrected chi connectivity index (χ0v) is 23.7. The van der Waals surface area contributed by atoms with Gasteiger partial charge in [-0.1, -0.05) is 65.5 Å². The Morgan fingerprint density at radius 1 is 1.06 bits per heavy atom. The largest absolute Gasteiger partial charge is 0.462 e. The van der Waals surface area contributed by atoms with Crippen LogP contribution >= 0.6 is 12.6 Å². The molecule has 0 saturated heterocycles. The molecule has 0 aliphatic heterocycles. The van der Waals surface area contributed by atoms with Crippen LogP contribution in [0.1, 0.15) is 118 Å². The number of esters is 1. The highest BCUT2D eigenvalue weighted by molar-refractivity contribution is 7.80. The zero-order chi connectivity index (χ0) is 24.5. The summed E-state index contributed by atoms with van der Waals surface area (Å²) in [6.45, 7) is 12.6. The van der Waals surface area contributed by atoms with Crippen LogP contribution in [0, 0.1) is 46.3 Å². The lowest BCUT2D eigenvalue weighted by molar-refractivity contribution is -0.151. The zero-order valence-electron chi connectivity index (χ0n) is 22.8. The van der Waals surface area contributed by atoms with Crippen LogP contribution in [0.15, 0.2) is 11.6 Å². The number of carbonyl (C=O) groups is 1. The normalized spacial score (nSPS) is 40.2. The summed E-state index contributed by atoms with van der Waals surface area (Å²) in [7, 11) is 0. The maximum atomic E-state index is 12.2. The standard InChI is InChI=1S/C31H52O2S/c1-21(2)8-6-9-22(3)26-13-14-27-25-12-11-23-20-24(33-29(32)10-7-19-34)15-17-30(23,4)28(25)16-18-31(26,27)5/h11,21-22,24-28,34H,6-10,12-20H2,1-5H3/t22-,24?,25?,26-,27+,28?,30+,31-/m1/s1. The number of allylic oxidation sites excluding steroid dienone is 1. The third-order valence-electron chi connectivity index (χ3n) is 11.1. The highest BCUT2D eigenvalue weighted by Crippen LogP contribution is 2.67. The Kier molecular flexibility index (Phi) is 8.53. The van der Waals surface area contributed by atoms with Crippen molar-refractivity contribution < 1.29 is 9.53 Å². The second-order valence-electron chi connectivity index (χ2n) is 13.5. The molecule has 0 aromatic rings. The monoisotopic (exact) mass is 488 g/mol. The molecule has 194 valence electrons. The molecule has 0 N–H and O–H groups in total. The Labute approximate surface area is 215 Å². The summed E-state index contributed by atoms with van der Waals surface area (Å²) in [6.07, 6.45) is 18.5. The summed E-state index contributed by atoms with van der Waals surface area (Å²) in [4.78, 5) is 12.2. The number of rotatable bonds is 9. The Morgan fingerprint density at radius 3 is 2.59 bits per heavy atom. The summed E-state index contributed by atoms with van der Waals surface area (Å²) < 4.78 is 5.88. The number of thiol groups is 1. The van der Waals surface area contributed by atoms with Crippen molar-refractivity contribution in [2.24, 2.45) is 46.3 Å². The summed E-state index contributed by atoms with van der Waals surface area (Å²) in [6, 6.07) is 0. The van der Waals surface area contributed by atoms with Crippen LogP contribution in [0.25, 0.3) is 0 Å². The van der Waals surface area contributed by atoms with Gasteiger partial charge in [-0.3, -0.25) is 4.79 Å². The lowest BCUT2D eigenvalue weighted by Crippen LogP contribution is -2.51. The molecule has 0 heterocycles. The smallest absolute Gasteiger partial charge is 0.306 e. The van der Waals surface area contributed by atoms with Gasteiger partial charge in [0.1, 0.15) is 6.10 Å². The molecule has 4 aliphatic rings. The van der Waals surface area contributed by atoms with Crippen molar-refractivity contribution in [3.63, 3.8) is 0 Å². The lowest BCUT2D eigenvalue weighted by Gasteiger charge is -2.58. The number of carbonyl (C=O) groups excluding carboxylic acids is 1. The average molecular weight is 489 g/mol. The number of fused-ring (bicyclic) bond motifs is 5. The minimum Gasteiger partial charge on any atom is -0.462 e. The van der Waals surface area contributed by atoms with Crippen LogP contribution in [-0.4, -0.2) is 17.8 Å². The molecule has 4 rings (SSSR count). The van der Waals surface area contributed by atoms with Crippen LogP contribution in [0.5, 0.6) is 0 Å². The van der Waals surface area contributed by atoms with E-state index in [9.17, 15) is 4.79 Å². The molecule has 0 aromatic carbocycles. The van der Waals surface area contributed by atoms with E-state index in [-0.39, 0.29) is 12.1 Å². The Balaban J connectivity index is 1.41. The number of ether oxygens (including phenoxy) is 1. The maximum Gasteiger partial charge on any atom is 0.306 e. The van der Waals surface area contributed by atoms with Gasteiger partial charge in [0.05, 0.1) is 0 Å². The first-order valence-corrected chi connectivity index (χ1v) is 15.3. The summed E-state index contributed by atoms with van der Waals surface area (Å²) in [5.74, 6) is 5.99. The number of hydrogen-bond donors (Lipinski definition) is 1. The first kappa shape index (κ1) is 26.6. The van der Waals surface area contributed by atoms with Gasteiger partial charge in [0, 0.05) is 12.8 Å². The van der Waals surface area contributed by atoms with Gasteiger partial charge in [-0.05, 0) is 103 Å². The van der Waals surface area contributed by atoms with Gasteiger partial charge in [0.15, 0.2) is 0 Å². The SMILES string of the molecule is CC(C)CCC[C@@H](C)[C@H]1CC[C@H]2C3CC=C4CC(OC(=O)CCCS)CC[C@]4(C)C3CC[C@]12C. The predicted molar refractivity (Wildman–Crippen MR) is 146 cm³/mol. The van der Waals surface area contributed by atoms with Crippen molar-refractivity contribution in [1.29, 1.82) is 0 Å². The van der Waals surface area contributed by atoms with Crippen molar-refractivity contribution in [2.45, 2.75) is 124 Å². The van der Waals surface area contributed by atoms with Crippen LogP contribution in [0.3, 0.4) is 0 Å². The Bertz CT molecular complexity index is 744. The lowest BCUT2D eigenvalue weighted by atomic mass is 9.47. The molecule has 0 radical (unpaired) electrons. The van der Waals surface area contributed by atoms with Crippen LogP contribution in [-0.2, 0) is 9.53 Å². The minimum absolute atomic E-state index is 0.0233. The van der Waals surface area contributed by atoms with Gasteiger partial charge in [0.2, 0.25) is 0 Å². The third-order valence-corrected chi connectivity index (χ3v) is 11.4. The molecule has 0 aromatic heterocycles. The van der Waals surface area contributed by atoms with Crippen LogP contribution in [0.4, 0.5) is 0 Å². The van der Waals surface area contributed by atoms with Crippen LogP contribution in [0.2, 0.25) is 0 Å². The molecular formula is C31H52O2S. The highest BCUT2D eigenvalue weighted by atomic mass is 32.1. The first-order valence-electron chi connectivity index (χ1n) is 14.7. The second kappa shape index (κ2) is 10.9. The van der Waals surface area contributed by atoms with E-state index in [0.717, 1.165) is 60.5 Å². The Hall–Kier alpha value is -0.440.